The molecule has 26 heavy (non-hydrogen) atoms. The average Bonchev–Trinajstić information content (AvgIpc) is 2.94. The van der Waals surface area contributed by atoms with Gasteiger partial charge in [0.2, 0.25) is 0 Å². The summed E-state index contributed by atoms with van der Waals surface area (Å²) < 4.78 is 18.9. The van der Waals surface area contributed by atoms with Crippen molar-refractivity contribution in [2.24, 2.45) is 0 Å². The van der Waals surface area contributed by atoms with E-state index in [1.807, 2.05) is 29.2 Å². The minimum atomic E-state index is -0.283. The molecule has 0 spiro atoms. The Balaban J connectivity index is 1.74. The SMILES string of the molecule is O=C(c1cncc2ccccc12)N1CCOCCC1c1ccc(F)cc1. The molecule has 5 heteroatoms. The van der Waals surface area contributed by atoms with Crippen LogP contribution in [0.25, 0.3) is 10.8 Å². The van der Waals surface area contributed by atoms with Crippen molar-refractivity contribution in [3.8, 4) is 0 Å². The molecule has 1 aromatic heterocycles. The van der Waals surface area contributed by atoms with Gasteiger partial charge in [-0.05, 0) is 29.5 Å². The maximum Gasteiger partial charge on any atom is 0.256 e. The minimum absolute atomic E-state index is 0.0749. The van der Waals surface area contributed by atoms with Gasteiger partial charge in [0.15, 0.2) is 0 Å². The van der Waals surface area contributed by atoms with E-state index >= 15 is 0 Å². The van der Waals surface area contributed by atoms with Crippen molar-refractivity contribution < 1.29 is 13.9 Å². The van der Waals surface area contributed by atoms with E-state index in [-0.39, 0.29) is 17.8 Å². The highest BCUT2D eigenvalue weighted by atomic mass is 19.1. The number of halogens is 1. The van der Waals surface area contributed by atoms with Crippen LogP contribution in [0.3, 0.4) is 0 Å². The second-order valence-electron chi connectivity index (χ2n) is 6.38. The van der Waals surface area contributed by atoms with Crippen molar-refractivity contribution in [3.63, 3.8) is 0 Å². The number of nitrogens with zero attached hydrogens (tertiary/aromatic N) is 2. The Morgan fingerprint density at radius 1 is 1.08 bits per heavy atom. The summed E-state index contributed by atoms with van der Waals surface area (Å²) in [7, 11) is 0. The summed E-state index contributed by atoms with van der Waals surface area (Å²) in [5.74, 6) is -0.358. The van der Waals surface area contributed by atoms with Crippen molar-refractivity contribution in [1.29, 1.82) is 0 Å². The first-order valence-electron chi connectivity index (χ1n) is 8.71. The second-order valence-corrected chi connectivity index (χ2v) is 6.38. The molecule has 1 aliphatic heterocycles. The van der Waals surface area contributed by atoms with E-state index in [1.165, 1.54) is 12.1 Å². The molecule has 4 nitrogen and oxygen atoms in total. The average molecular weight is 350 g/mol. The van der Waals surface area contributed by atoms with E-state index in [2.05, 4.69) is 4.98 Å². The van der Waals surface area contributed by atoms with Crippen molar-refractivity contribution in [2.75, 3.05) is 19.8 Å². The van der Waals surface area contributed by atoms with Gasteiger partial charge in [-0.1, -0.05) is 36.4 Å². The first-order valence-corrected chi connectivity index (χ1v) is 8.71. The predicted octanol–water partition coefficient (Wildman–Crippen LogP) is 3.98. The first-order chi connectivity index (χ1) is 12.7. The number of benzene rings is 2. The van der Waals surface area contributed by atoms with Crippen LogP contribution in [0.1, 0.15) is 28.4 Å². The Labute approximate surface area is 151 Å². The number of fused-ring (bicyclic) bond motifs is 1. The number of carbonyl (C=O) groups is 1. The van der Waals surface area contributed by atoms with E-state index in [0.717, 1.165) is 16.3 Å². The number of hydrogen-bond donors (Lipinski definition) is 0. The van der Waals surface area contributed by atoms with Crippen molar-refractivity contribution >= 4 is 16.7 Å². The smallest absolute Gasteiger partial charge is 0.256 e. The van der Waals surface area contributed by atoms with Gasteiger partial charge in [-0.2, -0.15) is 0 Å². The maximum atomic E-state index is 13.4. The normalized spacial score (nSPS) is 17.9. The Morgan fingerprint density at radius 3 is 2.73 bits per heavy atom. The highest BCUT2D eigenvalue weighted by molar-refractivity contribution is 6.06. The molecule has 2 heterocycles. The van der Waals surface area contributed by atoms with Gasteiger partial charge < -0.3 is 9.64 Å². The molecule has 2 aromatic carbocycles. The molecule has 1 unspecified atom stereocenters. The highest BCUT2D eigenvalue weighted by Crippen LogP contribution is 2.29. The van der Waals surface area contributed by atoms with Gasteiger partial charge in [-0.25, -0.2) is 4.39 Å². The molecule has 0 N–H and O–H groups in total. The third-order valence-corrected chi connectivity index (χ3v) is 4.80. The van der Waals surface area contributed by atoms with E-state index in [0.29, 0.717) is 31.7 Å². The van der Waals surface area contributed by atoms with Crippen molar-refractivity contribution in [2.45, 2.75) is 12.5 Å². The number of ether oxygens (including phenoxy) is 1. The van der Waals surface area contributed by atoms with Crippen molar-refractivity contribution in [3.05, 3.63) is 77.9 Å². The van der Waals surface area contributed by atoms with Crippen LogP contribution < -0.4 is 0 Å². The fourth-order valence-electron chi connectivity index (χ4n) is 3.49. The van der Waals surface area contributed by atoms with Gasteiger partial charge in [0.25, 0.3) is 5.91 Å². The summed E-state index contributed by atoms with van der Waals surface area (Å²) in [6.07, 6.45) is 4.06. The van der Waals surface area contributed by atoms with Crippen molar-refractivity contribution in [1.82, 2.24) is 9.88 Å². The second kappa shape index (κ2) is 7.22. The van der Waals surface area contributed by atoms with E-state index in [1.54, 1.807) is 24.5 Å². The molecule has 3 aromatic rings. The zero-order chi connectivity index (χ0) is 17.9. The van der Waals surface area contributed by atoms with E-state index in [4.69, 9.17) is 4.74 Å². The lowest BCUT2D eigenvalue weighted by atomic mass is 10.0. The molecule has 4 rings (SSSR count). The molecule has 1 atom stereocenters. The third kappa shape index (κ3) is 3.18. The lowest BCUT2D eigenvalue weighted by Gasteiger charge is -2.30. The molecule has 132 valence electrons. The number of rotatable bonds is 2. The Hall–Kier alpha value is -2.79. The summed E-state index contributed by atoms with van der Waals surface area (Å²) in [6.45, 7) is 1.55. The van der Waals surface area contributed by atoms with Gasteiger partial charge in [0.05, 0.1) is 18.2 Å². The van der Waals surface area contributed by atoms with E-state index < -0.39 is 0 Å². The molecule has 0 saturated carbocycles. The van der Waals surface area contributed by atoms with Gasteiger partial charge >= 0.3 is 0 Å². The molecular weight excluding hydrogens is 331 g/mol. The van der Waals surface area contributed by atoms with Gasteiger partial charge in [0, 0.05) is 30.9 Å². The van der Waals surface area contributed by atoms with Gasteiger partial charge in [-0.3, -0.25) is 9.78 Å². The van der Waals surface area contributed by atoms with Crippen LogP contribution in [0, 0.1) is 5.82 Å². The topological polar surface area (TPSA) is 42.4 Å². The van der Waals surface area contributed by atoms with Crippen LogP contribution in [0.2, 0.25) is 0 Å². The number of pyridine rings is 1. The summed E-state index contributed by atoms with van der Waals surface area (Å²) >= 11 is 0. The quantitative estimate of drug-likeness (QED) is 0.702. The van der Waals surface area contributed by atoms with Crippen LogP contribution in [0.15, 0.2) is 60.9 Å². The van der Waals surface area contributed by atoms with Crippen LogP contribution in [-0.4, -0.2) is 35.5 Å². The summed E-state index contributed by atoms with van der Waals surface area (Å²) in [6, 6.07) is 13.9. The Morgan fingerprint density at radius 2 is 1.88 bits per heavy atom. The molecule has 1 amide bonds. The lowest BCUT2D eigenvalue weighted by Crippen LogP contribution is -2.36. The molecule has 1 saturated heterocycles. The zero-order valence-corrected chi connectivity index (χ0v) is 14.3. The zero-order valence-electron chi connectivity index (χ0n) is 14.3. The summed E-state index contributed by atoms with van der Waals surface area (Å²) in [5, 5.41) is 1.82. The van der Waals surface area contributed by atoms with Crippen LogP contribution in [0.4, 0.5) is 4.39 Å². The van der Waals surface area contributed by atoms with E-state index in [9.17, 15) is 9.18 Å². The first kappa shape index (κ1) is 16.7. The standard InChI is InChI=1S/C21H19FN2O2/c22-17-7-5-15(6-8-17)20-9-11-26-12-10-24(20)21(25)19-14-23-13-16-3-1-2-4-18(16)19/h1-8,13-14,20H,9-12H2. The van der Waals surface area contributed by atoms with Gasteiger partial charge in [0.1, 0.15) is 5.82 Å². The molecule has 0 radical (unpaired) electrons. The monoisotopic (exact) mass is 350 g/mol. The number of hydrogen-bond acceptors (Lipinski definition) is 3. The fourth-order valence-corrected chi connectivity index (χ4v) is 3.49. The third-order valence-electron chi connectivity index (χ3n) is 4.80. The Bertz CT molecular complexity index is 921. The number of carbonyl (C=O) groups excluding carboxylic acids is 1. The van der Waals surface area contributed by atoms with Crippen LogP contribution >= 0.6 is 0 Å². The molecule has 1 aliphatic rings. The molecular formula is C21H19FN2O2. The van der Waals surface area contributed by atoms with Crippen LogP contribution in [0.5, 0.6) is 0 Å². The lowest BCUT2D eigenvalue weighted by molar-refractivity contribution is 0.0674. The highest BCUT2D eigenvalue weighted by Gasteiger charge is 2.29. The minimum Gasteiger partial charge on any atom is -0.380 e. The molecule has 1 fully saturated rings. The summed E-state index contributed by atoms with van der Waals surface area (Å²) in [4.78, 5) is 19.4. The molecule has 0 bridgehead atoms. The predicted molar refractivity (Wildman–Crippen MR) is 97.4 cm³/mol. The number of amides is 1. The largest absolute Gasteiger partial charge is 0.380 e. The van der Waals surface area contributed by atoms with Crippen LogP contribution in [-0.2, 0) is 4.74 Å². The maximum absolute atomic E-state index is 13.4. The molecule has 0 aliphatic carbocycles. The number of aromatic nitrogens is 1. The summed E-state index contributed by atoms with van der Waals surface area (Å²) in [5.41, 5.74) is 1.50. The van der Waals surface area contributed by atoms with Gasteiger partial charge in [-0.15, -0.1) is 0 Å². The fraction of sp³-hybridized carbons (Fsp3) is 0.238. The Kier molecular flexibility index (Phi) is 4.63.